The molecule has 0 bridgehead atoms. The fraction of sp³-hybridized carbons (Fsp3) is 0.545. The molecule has 1 atom stereocenters. The molecule has 1 N–H and O–H groups in total. The fourth-order valence-electron chi connectivity index (χ4n) is 1.37. The minimum Gasteiger partial charge on any atom is -0.476 e. The van der Waals surface area contributed by atoms with Crippen LogP contribution in [0.1, 0.15) is 30.8 Å². The van der Waals surface area contributed by atoms with Gasteiger partial charge in [0, 0.05) is 24.6 Å². The number of rotatable bonds is 7. The predicted molar refractivity (Wildman–Crippen MR) is 72.4 cm³/mol. The summed E-state index contributed by atoms with van der Waals surface area (Å²) in [6.07, 6.45) is -1.02. The van der Waals surface area contributed by atoms with E-state index in [1.807, 2.05) is 0 Å². The van der Waals surface area contributed by atoms with Crippen LogP contribution in [0.15, 0.2) is 9.72 Å². The highest BCUT2D eigenvalue weighted by atomic mass is 32.2. The number of nitrogens with zero attached hydrogens (tertiary/aromatic N) is 2. The summed E-state index contributed by atoms with van der Waals surface area (Å²) in [5.74, 6) is -0.893. The minimum absolute atomic E-state index is 0.00727. The first-order valence-electron chi connectivity index (χ1n) is 5.68. The maximum atomic E-state index is 13.5. The van der Waals surface area contributed by atoms with Gasteiger partial charge in [-0.05, 0) is 6.42 Å². The normalized spacial score (nSPS) is 12.2. The topological polar surface area (TPSA) is 70.5 Å². The third kappa shape index (κ3) is 4.79. The van der Waals surface area contributed by atoms with Crippen LogP contribution in [0, 0.1) is 0 Å². The maximum absolute atomic E-state index is 13.5. The summed E-state index contributed by atoms with van der Waals surface area (Å²) in [6.45, 7) is 3.28. The lowest BCUT2D eigenvalue weighted by atomic mass is 10.4. The molecule has 1 amide bonds. The number of aromatic carboxylic acids is 1. The van der Waals surface area contributed by atoms with Gasteiger partial charge in [0.05, 0.1) is 0 Å². The molecule has 0 aliphatic rings. The van der Waals surface area contributed by atoms with E-state index in [9.17, 15) is 14.0 Å². The Hall–Kier alpha value is -1.15. The third-order valence-electron chi connectivity index (χ3n) is 2.34. The van der Waals surface area contributed by atoms with Crippen LogP contribution >= 0.6 is 23.1 Å². The van der Waals surface area contributed by atoms with Crippen molar-refractivity contribution in [3.8, 4) is 0 Å². The number of carboxylic acid groups (broad SMARTS) is 1. The number of hydrogen-bond acceptors (Lipinski definition) is 5. The van der Waals surface area contributed by atoms with Gasteiger partial charge in [-0.25, -0.2) is 14.2 Å². The standard InChI is InChI=1S/C11H15FN2O3S2/c1-3-9(12)14(7(2)15)4-5-18-11-13-8(6-19-11)10(16)17/h6,9H,3-5H2,1-2H3,(H,16,17). The Morgan fingerprint density at radius 2 is 2.32 bits per heavy atom. The van der Waals surface area contributed by atoms with Crippen molar-refractivity contribution in [1.82, 2.24) is 9.88 Å². The number of alkyl halides is 1. The quantitative estimate of drug-likeness (QED) is 0.619. The molecule has 1 heterocycles. The number of thiazole rings is 1. The Morgan fingerprint density at radius 3 is 2.79 bits per heavy atom. The monoisotopic (exact) mass is 306 g/mol. The number of carboxylic acids is 1. The molecule has 0 radical (unpaired) electrons. The van der Waals surface area contributed by atoms with Gasteiger partial charge >= 0.3 is 5.97 Å². The van der Waals surface area contributed by atoms with Crippen molar-refractivity contribution in [3.05, 3.63) is 11.1 Å². The molecule has 0 aromatic carbocycles. The lowest BCUT2D eigenvalue weighted by Crippen LogP contribution is -2.37. The van der Waals surface area contributed by atoms with Gasteiger partial charge in [0.2, 0.25) is 5.91 Å². The molecule has 19 heavy (non-hydrogen) atoms. The first-order valence-corrected chi connectivity index (χ1v) is 7.55. The van der Waals surface area contributed by atoms with E-state index in [0.29, 0.717) is 10.1 Å². The van der Waals surface area contributed by atoms with E-state index in [1.54, 1.807) is 6.92 Å². The maximum Gasteiger partial charge on any atom is 0.355 e. The van der Waals surface area contributed by atoms with Crippen molar-refractivity contribution in [1.29, 1.82) is 0 Å². The molecule has 106 valence electrons. The lowest BCUT2D eigenvalue weighted by molar-refractivity contribution is -0.134. The van der Waals surface area contributed by atoms with Crippen molar-refractivity contribution < 1.29 is 19.1 Å². The molecular formula is C11H15FN2O3S2. The Bertz CT molecular complexity index is 453. The summed E-state index contributed by atoms with van der Waals surface area (Å²) < 4.78 is 14.1. The second-order valence-corrected chi connectivity index (χ2v) is 5.91. The smallest absolute Gasteiger partial charge is 0.355 e. The van der Waals surface area contributed by atoms with E-state index < -0.39 is 12.3 Å². The van der Waals surface area contributed by atoms with Gasteiger partial charge in [-0.1, -0.05) is 18.7 Å². The highest BCUT2D eigenvalue weighted by Gasteiger charge is 2.18. The number of amides is 1. The Labute approximate surface area is 118 Å². The zero-order valence-corrected chi connectivity index (χ0v) is 12.3. The van der Waals surface area contributed by atoms with Gasteiger partial charge in [0.1, 0.15) is 0 Å². The van der Waals surface area contributed by atoms with Crippen LogP contribution in [0.2, 0.25) is 0 Å². The van der Waals surface area contributed by atoms with Crippen LogP contribution < -0.4 is 0 Å². The Balaban J connectivity index is 2.47. The summed E-state index contributed by atoms with van der Waals surface area (Å²) in [6, 6.07) is 0. The zero-order chi connectivity index (χ0) is 14.4. The largest absolute Gasteiger partial charge is 0.476 e. The van der Waals surface area contributed by atoms with Crippen LogP contribution in [0.3, 0.4) is 0 Å². The molecule has 0 saturated heterocycles. The molecule has 0 aliphatic heterocycles. The van der Waals surface area contributed by atoms with E-state index in [1.165, 1.54) is 40.3 Å². The van der Waals surface area contributed by atoms with Crippen molar-refractivity contribution in [2.24, 2.45) is 0 Å². The van der Waals surface area contributed by atoms with E-state index in [-0.39, 0.29) is 24.6 Å². The average molecular weight is 306 g/mol. The van der Waals surface area contributed by atoms with E-state index in [0.717, 1.165) is 0 Å². The molecule has 5 nitrogen and oxygen atoms in total. The zero-order valence-electron chi connectivity index (χ0n) is 10.6. The van der Waals surface area contributed by atoms with Gasteiger partial charge < -0.3 is 10.0 Å². The summed E-state index contributed by atoms with van der Waals surface area (Å²) in [4.78, 5) is 27.0. The number of aromatic nitrogens is 1. The second kappa shape index (κ2) is 7.44. The second-order valence-electron chi connectivity index (χ2n) is 3.71. The van der Waals surface area contributed by atoms with Crippen LogP contribution in [0.25, 0.3) is 0 Å². The van der Waals surface area contributed by atoms with Gasteiger partial charge in [-0.15, -0.1) is 11.3 Å². The highest BCUT2D eigenvalue weighted by molar-refractivity contribution is 8.01. The summed E-state index contributed by atoms with van der Waals surface area (Å²) in [5, 5.41) is 10.2. The molecule has 1 rings (SSSR count). The average Bonchev–Trinajstić information content (AvgIpc) is 2.82. The van der Waals surface area contributed by atoms with Crippen LogP contribution in [0.5, 0.6) is 0 Å². The molecule has 8 heteroatoms. The molecular weight excluding hydrogens is 291 g/mol. The van der Waals surface area contributed by atoms with Gasteiger partial charge in [-0.2, -0.15) is 0 Å². The number of halogens is 1. The molecule has 1 aromatic rings. The van der Waals surface area contributed by atoms with Crippen LogP contribution in [-0.4, -0.2) is 45.5 Å². The fourth-order valence-corrected chi connectivity index (χ4v) is 3.18. The van der Waals surface area contributed by atoms with Crippen molar-refractivity contribution in [3.63, 3.8) is 0 Å². The minimum atomic E-state index is -1.27. The summed E-state index contributed by atoms with van der Waals surface area (Å²) in [7, 11) is 0. The number of hydrogen-bond donors (Lipinski definition) is 1. The molecule has 0 spiro atoms. The first-order chi connectivity index (χ1) is 8.95. The molecule has 0 fully saturated rings. The number of carbonyl (C=O) groups is 2. The first kappa shape index (κ1) is 15.9. The Kier molecular flexibility index (Phi) is 6.23. The number of carbonyl (C=O) groups excluding carboxylic acids is 1. The van der Waals surface area contributed by atoms with Crippen molar-refractivity contribution in [2.45, 2.75) is 30.9 Å². The Morgan fingerprint density at radius 1 is 1.63 bits per heavy atom. The SMILES string of the molecule is CCC(F)N(CCSc1nc(C(=O)O)cs1)C(C)=O. The lowest BCUT2D eigenvalue weighted by Gasteiger charge is -2.23. The highest BCUT2D eigenvalue weighted by Crippen LogP contribution is 2.23. The van der Waals surface area contributed by atoms with Gasteiger partial charge in [0.25, 0.3) is 0 Å². The van der Waals surface area contributed by atoms with Crippen LogP contribution in [-0.2, 0) is 4.79 Å². The van der Waals surface area contributed by atoms with Gasteiger partial charge in [0.15, 0.2) is 16.3 Å². The van der Waals surface area contributed by atoms with E-state index in [4.69, 9.17) is 5.11 Å². The van der Waals surface area contributed by atoms with Crippen LogP contribution in [0.4, 0.5) is 4.39 Å². The molecule has 1 unspecified atom stereocenters. The van der Waals surface area contributed by atoms with Crippen molar-refractivity contribution in [2.75, 3.05) is 12.3 Å². The summed E-state index contributed by atoms with van der Waals surface area (Å²) >= 11 is 2.54. The molecule has 1 aromatic heterocycles. The van der Waals surface area contributed by atoms with E-state index in [2.05, 4.69) is 4.98 Å². The molecule has 0 aliphatic carbocycles. The van der Waals surface area contributed by atoms with Crippen molar-refractivity contribution >= 4 is 35.0 Å². The molecule has 0 saturated carbocycles. The van der Waals surface area contributed by atoms with Gasteiger partial charge in [-0.3, -0.25) is 4.79 Å². The third-order valence-corrected chi connectivity index (χ3v) is 4.34. The van der Waals surface area contributed by atoms with E-state index >= 15 is 0 Å². The predicted octanol–water partition coefficient (Wildman–Crippen LogP) is 2.49. The summed E-state index contributed by atoms with van der Waals surface area (Å²) in [5.41, 5.74) is 0.00727. The number of thioether (sulfide) groups is 1.